The lowest BCUT2D eigenvalue weighted by atomic mass is 9.72. The molecule has 0 heteroatoms. The molecule has 86 valence electrons. The van der Waals surface area contributed by atoms with Crippen molar-refractivity contribution >= 4 is 0 Å². The van der Waals surface area contributed by atoms with Gasteiger partial charge in [-0.2, -0.15) is 0 Å². The van der Waals surface area contributed by atoms with Crippen LogP contribution in [0.2, 0.25) is 0 Å². The van der Waals surface area contributed by atoms with E-state index in [9.17, 15) is 0 Å². The van der Waals surface area contributed by atoms with E-state index in [-0.39, 0.29) is 0 Å². The van der Waals surface area contributed by atoms with Crippen LogP contribution in [0.5, 0.6) is 0 Å². The van der Waals surface area contributed by atoms with Crippen molar-refractivity contribution in [3.05, 3.63) is 24.3 Å². The van der Waals surface area contributed by atoms with E-state index >= 15 is 0 Å². The van der Waals surface area contributed by atoms with Crippen LogP contribution in [0.4, 0.5) is 0 Å². The van der Waals surface area contributed by atoms with E-state index in [0.29, 0.717) is 11.8 Å². The molecule has 0 radical (unpaired) electrons. The molecule has 1 rings (SSSR count). The largest absolute Gasteiger partial charge is 0.102 e. The summed E-state index contributed by atoms with van der Waals surface area (Å²) in [6.45, 7) is 13.3. The van der Waals surface area contributed by atoms with Gasteiger partial charge < -0.3 is 0 Å². The Morgan fingerprint density at radius 2 is 2.07 bits per heavy atom. The normalized spacial score (nSPS) is 28.7. The predicted molar refractivity (Wildman–Crippen MR) is 68.8 cm³/mol. The highest BCUT2D eigenvalue weighted by Crippen LogP contribution is 2.38. The second-order valence-electron chi connectivity index (χ2n) is 5.29. The summed E-state index contributed by atoms with van der Waals surface area (Å²) in [6, 6.07) is 0. The van der Waals surface area contributed by atoms with Crippen molar-refractivity contribution < 1.29 is 0 Å². The van der Waals surface area contributed by atoms with Crippen molar-refractivity contribution in [2.75, 3.05) is 0 Å². The molecule has 0 bridgehead atoms. The molecule has 0 aliphatic heterocycles. The number of hydrogen-bond donors (Lipinski definition) is 0. The molecule has 0 N–H and O–H groups in total. The lowest BCUT2D eigenvalue weighted by Gasteiger charge is -2.33. The quantitative estimate of drug-likeness (QED) is 0.578. The number of allylic oxidation sites excluding steroid dienone is 3. The summed E-state index contributed by atoms with van der Waals surface area (Å²) in [5.74, 6) is 2.99. The van der Waals surface area contributed by atoms with E-state index in [1.807, 2.05) is 0 Å². The van der Waals surface area contributed by atoms with Gasteiger partial charge in [0, 0.05) is 0 Å². The van der Waals surface area contributed by atoms with Crippen molar-refractivity contribution in [1.82, 2.24) is 0 Å². The zero-order valence-electron chi connectivity index (χ0n) is 10.8. The number of hydrogen-bond acceptors (Lipinski definition) is 0. The Balaban J connectivity index is 2.85. The van der Waals surface area contributed by atoms with Crippen molar-refractivity contribution in [2.24, 2.45) is 23.7 Å². The molecule has 0 aromatic carbocycles. The Hall–Kier alpha value is -0.520. The maximum absolute atomic E-state index is 3.92. The fraction of sp³-hybridized carbons (Fsp3) is 0.733. The fourth-order valence-electron chi connectivity index (χ4n) is 2.70. The zero-order valence-corrected chi connectivity index (χ0v) is 10.8. The van der Waals surface area contributed by atoms with Crippen molar-refractivity contribution in [1.29, 1.82) is 0 Å². The fourth-order valence-corrected chi connectivity index (χ4v) is 2.70. The Labute approximate surface area is 95.5 Å². The third-order valence-electron chi connectivity index (χ3n) is 3.95. The van der Waals surface area contributed by atoms with Crippen LogP contribution in [-0.4, -0.2) is 0 Å². The van der Waals surface area contributed by atoms with Gasteiger partial charge in [0.15, 0.2) is 0 Å². The highest BCUT2D eigenvalue weighted by atomic mass is 14.3. The van der Waals surface area contributed by atoms with Gasteiger partial charge in [-0.1, -0.05) is 51.8 Å². The molecule has 0 nitrogen and oxygen atoms in total. The van der Waals surface area contributed by atoms with Crippen LogP contribution >= 0.6 is 0 Å². The third-order valence-corrected chi connectivity index (χ3v) is 3.95. The van der Waals surface area contributed by atoms with E-state index in [2.05, 4.69) is 46.4 Å². The Bertz CT molecular complexity index is 234. The van der Waals surface area contributed by atoms with E-state index in [1.165, 1.54) is 19.3 Å². The Kier molecular flexibility index (Phi) is 4.63. The Morgan fingerprint density at radius 1 is 1.40 bits per heavy atom. The standard InChI is InChI=1S/C15H26/c1-6-12(5)14-9-8-13(7-2)10-15(14)11(3)4/h7,10-14H,2,6,8-9H2,1,3-5H3. The van der Waals surface area contributed by atoms with Gasteiger partial charge in [0.05, 0.1) is 0 Å². The highest BCUT2D eigenvalue weighted by Gasteiger charge is 2.26. The molecule has 3 unspecified atom stereocenters. The third kappa shape index (κ3) is 2.96. The second kappa shape index (κ2) is 5.53. The van der Waals surface area contributed by atoms with Crippen molar-refractivity contribution in [2.45, 2.75) is 47.0 Å². The summed E-state index contributed by atoms with van der Waals surface area (Å²) < 4.78 is 0. The SMILES string of the molecule is C=CC1C=C(C(C)C)C(C(C)CC)CC1. The minimum Gasteiger partial charge on any atom is -0.102 e. The average Bonchev–Trinajstić information content (AvgIpc) is 2.27. The van der Waals surface area contributed by atoms with Crippen LogP contribution in [0.1, 0.15) is 47.0 Å². The first-order valence-corrected chi connectivity index (χ1v) is 6.44. The van der Waals surface area contributed by atoms with Gasteiger partial charge in [0.25, 0.3) is 0 Å². The number of rotatable bonds is 4. The molecule has 1 aliphatic rings. The van der Waals surface area contributed by atoms with E-state index < -0.39 is 0 Å². The summed E-state index contributed by atoms with van der Waals surface area (Å²) in [6.07, 6.45) is 8.55. The molecule has 0 amide bonds. The van der Waals surface area contributed by atoms with Crippen LogP contribution in [0, 0.1) is 23.7 Å². The first-order chi connectivity index (χ1) is 7.10. The molecule has 1 aliphatic carbocycles. The molecule has 0 spiro atoms. The average molecular weight is 206 g/mol. The zero-order chi connectivity index (χ0) is 11.4. The molecule has 0 fully saturated rings. The molecule has 0 heterocycles. The maximum atomic E-state index is 3.92. The summed E-state index contributed by atoms with van der Waals surface area (Å²) >= 11 is 0. The lowest BCUT2D eigenvalue weighted by molar-refractivity contribution is 0.320. The van der Waals surface area contributed by atoms with Gasteiger partial charge in [-0.25, -0.2) is 0 Å². The lowest BCUT2D eigenvalue weighted by Crippen LogP contribution is -2.22. The molecule has 0 saturated carbocycles. The first kappa shape index (κ1) is 12.5. The van der Waals surface area contributed by atoms with E-state index in [0.717, 1.165) is 11.8 Å². The highest BCUT2D eigenvalue weighted by molar-refractivity contribution is 5.18. The molecular weight excluding hydrogens is 180 g/mol. The van der Waals surface area contributed by atoms with E-state index in [4.69, 9.17) is 0 Å². The van der Waals surface area contributed by atoms with Gasteiger partial charge in [0.2, 0.25) is 0 Å². The molecular formula is C15H26. The smallest absolute Gasteiger partial charge is 0.00531 e. The molecule has 15 heavy (non-hydrogen) atoms. The van der Waals surface area contributed by atoms with Crippen LogP contribution in [0.3, 0.4) is 0 Å². The monoisotopic (exact) mass is 206 g/mol. The van der Waals surface area contributed by atoms with Crippen LogP contribution < -0.4 is 0 Å². The predicted octanol–water partition coefficient (Wildman–Crippen LogP) is 4.83. The molecule has 0 aromatic heterocycles. The minimum atomic E-state index is 0.628. The van der Waals surface area contributed by atoms with Crippen molar-refractivity contribution in [3.8, 4) is 0 Å². The van der Waals surface area contributed by atoms with Gasteiger partial charge in [0.1, 0.15) is 0 Å². The van der Waals surface area contributed by atoms with Gasteiger partial charge >= 0.3 is 0 Å². The van der Waals surface area contributed by atoms with Crippen LogP contribution in [0.15, 0.2) is 24.3 Å². The van der Waals surface area contributed by atoms with Crippen molar-refractivity contribution in [3.63, 3.8) is 0 Å². The van der Waals surface area contributed by atoms with Gasteiger partial charge in [-0.05, 0) is 36.5 Å². The minimum absolute atomic E-state index is 0.628. The maximum Gasteiger partial charge on any atom is -0.00531 e. The topological polar surface area (TPSA) is 0 Å². The van der Waals surface area contributed by atoms with E-state index in [1.54, 1.807) is 5.57 Å². The van der Waals surface area contributed by atoms with Crippen LogP contribution in [-0.2, 0) is 0 Å². The molecule has 0 aromatic rings. The van der Waals surface area contributed by atoms with Gasteiger partial charge in [-0.15, -0.1) is 6.58 Å². The summed E-state index contributed by atoms with van der Waals surface area (Å²) in [5, 5.41) is 0. The summed E-state index contributed by atoms with van der Waals surface area (Å²) in [5.41, 5.74) is 1.68. The summed E-state index contributed by atoms with van der Waals surface area (Å²) in [4.78, 5) is 0. The Morgan fingerprint density at radius 3 is 2.53 bits per heavy atom. The molecule has 3 atom stereocenters. The second-order valence-corrected chi connectivity index (χ2v) is 5.29. The van der Waals surface area contributed by atoms with Crippen LogP contribution in [0.25, 0.3) is 0 Å². The summed E-state index contributed by atoms with van der Waals surface area (Å²) in [7, 11) is 0. The first-order valence-electron chi connectivity index (χ1n) is 6.44. The molecule has 0 saturated heterocycles. The van der Waals surface area contributed by atoms with Gasteiger partial charge in [-0.3, -0.25) is 0 Å².